The second kappa shape index (κ2) is 7.53. The van der Waals surface area contributed by atoms with Crippen LogP contribution < -0.4 is 5.32 Å². The maximum Gasteiger partial charge on any atom is 0.234 e. The van der Waals surface area contributed by atoms with Gasteiger partial charge in [0.25, 0.3) is 0 Å². The number of imidazole rings is 1. The lowest BCUT2D eigenvalue weighted by Crippen LogP contribution is -2.16. The molecule has 0 aliphatic heterocycles. The first-order chi connectivity index (χ1) is 11.9. The van der Waals surface area contributed by atoms with E-state index in [4.69, 9.17) is 0 Å². The number of benzene rings is 2. The van der Waals surface area contributed by atoms with Gasteiger partial charge in [0, 0.05) is 6.07 Å². The third-order valence-electron chi connectivity index (χ3n) is 3.54. The SMILES string of the molecule is CC(SCC(=O)Nc1cc(Br)c(F)cc1F)c1nc2ccccc2[nH]1. The molecule has 1 unspecified atom stereocenters. The molecule has 3 rings (SSSR count). The molecule has 3 aromatic rings. The number of carbonyl (C=O) groups excluding carboxylic acids is 1. The van der Waals surface area contributed by atoms with Crippen molar-refractivity contribution in [1.82, 2.24) is 9.97 Å². The summed E-state index contributed by atoms with van der Waals surface area (Å²) in [4.78, 5) is 19.7. The second-order valence-electron chi connectivity index (χ2n) is 5.39. The van der Waals surface area contributed by atoms with Crippen LogP contribution in [0.4, 0.5) is 14.5 Å². The number of rotatable bonds is 5. The van der Waals surface area contributed by atoms with Gasteiger partial charge >= 0.3 is 0 Å². The highest BCUT2D eigenvalue weighted by atomic mass is 79.9. The summed E-state index contributed by atoms with van der Waals surface area (Å²) in [7, 11) is 0. The Bertz CT molecular complexity index is 898. The molecule has 8 heteroatoms. The molecule has 25 heavy (non-hydrogen) atoms. The Labute approximate surface area is 155 Å². The van der Waals surface area contributed by atoms with Crippen LogP contribution in [0, 0.1) is 11.6 Å². The first-order valence-corrected chi connectivity index (χ1v) is 9.29. The van der Waals surface area contributed by atoms with Crippen LogP contribution in [0.1, 0.15) is 18.0 Å². The number of hydrogen-bond acceptors (Lipinski definition) is 3. The lowest BCUT2D eigenvalue weighted by Gasteiger charge is -2.10. The Morgan fingerprint density at radius 2 is 2.08 bits per heavy atom. The van der Waals surface area contributed by atoms with Crippen LogP contribution >= 0.6 is 27.7 Å². The van der Waals surface area contributed by atoms with E-state index in [1.54, 1.807) is 0 Å². The van der Waals surface area contributed by atoms with E-state index in [9.17, 15) is 13.6 Å². The fourth-order valence-electron chi connectivity index (χ4n) is 2.25. The fourth-order valence-corrected chi connectivity index (χ4v) is 3.34. The van der Waals surface area contributed by atoms with E-state index in [1.807, 2.05) is 31.2 Å². The van der Waals surface area contributed by atoms with Crippen molar-refractivity contribution in [2.45, 2.75) is 12.2 Å². The molecule has 2 aromatic carbocycles. The molecule has 1 aromatic heterocycles. The van der Waals surface area contributed by atoms with E-state index in [0.717, 1.165) is 22.9 Å². The van der Waals surface area contributed by atoms with E-state index in [2.05, 4.69) is 31.2 Å². The molecule has 0 bridgehead atoms. The summed E-state index contributed by atoms with van der Waals surface area (Å²) in [6.45, 7) is 1.94. The molecule has 0 saturated heterocycles. The van der Waals surface area contributed by atoms with Crippen molar-refractivity contribution >= 4 is 50.3 Å². The Morgan fingerprint density at radius 1 is 1.32 bits per heavy atom. The van der Waals surface area contributed by atoms with Gasteiger partial charge in [-0.3, -0.25) is 4.79 Å². The van der Waals surface area contributed by atoms with E-state index in [-0.39, 0.29) is 27.1 Å². The van der Waals surface area contributed by atoms with Gasteiger partial charge in [-0.15, -0.1) is 11.8 Å². The van der Waals surface area contributed by atoms with Crippen molar-refractivity contribution in [3.63, 3.8) is 0 Å². The summed E-state index contributed by atoms with van der Waals surface area (Å²) in [5, 5.41) is 2.41. The quantitative estimate of drug-likeness (QED) is 0.563. The summed E-state index contributed by atoms with van der Waals surface area (Å²) in [5.41, 5.74) is 1.75. The van der Waals surface area contributed by atoms with Gasteiger partial charge in [0.15, 0.2) is 0 Å². The zero-order valence-electron chi connectivity index (χ0n) is 13.1. The van der Waals surface area contributed by atoms with Crippen molar-refractivity contribution in [2.75, 3.05) is 11.1 Å². The van der Waals surface area contributed by atoms with Crippen molar-refractivity contribution in [2.24, 2.45) is 0 Å². The minimum absolute atomic E-state index is 0.0389. The molecule has 1 amide bonds. The fraction of sp³-hybridized carbons (Fsp3) is 0.176. The maximum absolute atomic E-state index is 13.7. The molecule has 0 aliphatic carbocycles. The van der Waals surface area contributed by atoms with Gasteiger partial charge in [-0.1, -0.05) is 12.1 Å². The normalized spacial score (nSPS) is 12.3. The molecule has 2 N–H and O–H groups in total. The van der Waals surface area contributed by atoms with Crippen LogP contribution in [0.5, 0.6) is 0 Å². The third kappa shape index (κ3) is 4.19. The van der Waals surface area contributed by atoms with Gasteiger partial charge in [0.05, 0.1) is 32.2 Å². The standard InChI is InChI=1S/C17H14BrF2N3OS/c1-9(17-22-13-4-2-3-5-14(13)23-17)25-8-16(24)21-15-6-10(18)11(19)7-12(15)20/h2-7,9H,8H2,1H3,(H,21,24)(H,22,23). The van der Waals surface area contributed by atoms with Crippen LogP contribution in [0.3, 0.4) is 0 Å². The average Bonchev–Trinajstić information content (AvgIpc) is 3.02. The number of fused-ring (bicyclic) bond motifs is 1. The number of hydrogen-bond donors (Lipinski definition) is 2. The smallest absolute Gasteiger partial charge is 0.234 e. The molecule has 0 fully saturated rings. The summed E-state index contributed by atoms with van der Waals surface area (Å²) in [6, 6.07) is 9.61. The number of para-hydroxylation sites is 2. The van der Waals surface area contributed by atoms with Crippen LogP contribution in [0.15, 0.2) is 40.9 Å². The van der Waals surface area contributed by atoms with Crippen molar-refractivity contribution in [1.29, 1.82) is 0 Å². The van der Waals surface area contributed by atoms with Crippen LogP contribution in [0.2, 0.25) is 0 Å². The molecule has 1 heterocycles. The summed E-state index contributed by atoms with van der Waals surface area (Å²) in [6.07, 6.45) is 0. The first kappa shape index (κ1) is 17.9. The Morgan fingerprint density at radius 3 is 2.84 bits per heavy atom. The highest BCUT2D eigenvalue weighted by Crippen LogP contribution is 2.28. The van der Waals surface area contributed by atoms with Gasteiger partial charge < -0.3 is 10.3 Å². The Balaban J connectivity index is 1.61. The van der Waals surface area contributed by atoms with E-state index >= 15 is 0 Å². The molecule has 1 atom stereocenters. The molecule has 4 nitrogen and oxygen atoms in total. The number of nitrogens with zero attached hydrogens (tertiary/aromatic N) is 1. The number of aromatic nitrogens is 2. The van der Waals surface area contributed by atoms with Gasteiger partial charge in [0.1, 0.15) is 17.5 Å². The monoisotopic (exact) mass is 425 g/mol. The van der Waals surface area contributed by atoms with Crippen molar-refractivity contribution in [3.8, 4) is 0 Å². The molecule has 130 valence electrons. The number of halogens is 3. The lowest BCUT2D eigenvalue weighted by molar-refractivity contribution is -0.113. The van der Waals surface area contributed by atoms with Crippen LogP contribution in [-0.2, 0) is 4.79 Å². The minimum Gasteiger partial charge on any atom is -0.341 e. The van der Waals surface area contributed by atoms with Crippen molar-refractivity contribution in [3.05, 3.63) is 58.3 Å². The molecule has 0 aliphatic rings. The number of anilines is 1. The Hall–Kier alpha value is -1.93. The number of carbonyl (C=O) groups is 1. The summed E-state index contributed by atoms with van der Waals surface area (Å²) >= 11 is 4.34. The topological polar surface area (TPSA) is 57.8 Å². The predicted octanol–water partition coefficient (Wildman–Crippen LogP) is 5.04. The Kier molecular flexibility index (Phi) is 5.39. The summed E-state index contributed by atoms with van der Waals surface area (Å²) < 4.78 is 27.0. The van der Waals surface area contributed by atoms with E-state index < -0.39 is 11.6 Å². The molecule has 0 saturated carbocycles. The largest absolute Gasteiger partial charge is 0.341 e. The highest BCUT2D eigenvalue weighted by Gasteiger charge is 2.15. The van der Waals surface area contributed by atoms with Gasteiger partial charge in [-0.25, -0.2) is 13.8 Å². The number of nitrogens with one attached hydrogen (secondary N) is 2. The molecular weight excluding hydrogens is 412 g/mol. The second-order valence-corrected chi connectivity index (χ2v) is 7.57. The first-order valence-electron chi connectivity index (χ1n) is 7.44. The predicted molar refractivity (Wildman–Crippen MR) is 99.7 cm³/mol. The number of H-pyrrole nitrogens is 1. The zero-order valence-corrected chi connectivity index (χ0v) is 15.5. The third-order valence-corrected chi connectivity index (χ3v) is 5.30. The van der Waals surface area contributed by atoms with E-state index in [0.29, 0.717) is 0 Å². The van der Waals surface area contributed by atoms with Gasteiger partial charge in [-0.2, -0.15) is 0 Å². The zero-order chi connectivity index (χ0) is 18.0. The minimum atomic E-state index is -0.815. The summed E-state index contributed by atoms with van der Waals surface area (Å²) in [5.74, 6) is -1.01. The van der Waals surface area contributed by atoms with Gasteiger partial charge in [0.2, 0.25) is 5.91 Å². The van der Waals surface area contributed by atoms with E-state index in [1.165, 1.54) is 17.8 Å². The number of aromatic amines is 1. The molecule has 0 spiro atoms. The lowest BCUT2D eigenvalue weighted by atomic mass is 10.3. The number of thioether (sulfide) groups is 1. The molecular formula is C17H14BrF2N3OS. The van der Waals surface area contributed by atoms with Crippen LogP contribution in [0.25, 0.3) is 11.0 Å². The molecule has 0 radical (unpaired) electrons. The highest BCUT2D eigenvalue weighted by molar-refractivity contribution is 9.10. The average molecular weight is 426 g/mol. The van der Waals surface area contributed by atoms with Gasteiger partial charge in [-0.05, 0) is 41.1 Å². The van der Waals surface area contributed by atoms with Crippen molar-refractivity contribution < 1.29 is 13.6 Å². The number of amides is 1. The maximum atomic E-state index is 13.7. The van der Waals surface area contributed by atoms with Crippen LogP contribution in [-0.4, -0.2) is 21.6 Å².